The van der Waals surface area contributed by atoms with E-state index in [1.807, 2.05) is 13.0 Å². The summed E-state index contributed by atoms with van der Waals surface area (Å²) < 4.78 is 105. The Labute approximate surface area is 191 Å². The van der Waals surface area contributed by atoms with Crippen molar-refractivity contribution in [2.24, 2.45) is 29.6 Å². The number of rotatable bonds is 6. The summed E-state index contributed by atoms with van der Waals surface area (Å²) in [6.45, 7) is -8.08. The molecule has 5 nitrogen and oxygen atoms in total. The largest absolute Gasteiger partial charge is 0.462 e. The van der Waals surface area contributed by atoms with Crippen LogP contribution in [0.4, 0.5) is 0 Å². The van der Waals surface area contributed by atoms with Crippen molar-refractivity contribution in [3.8, 4) is 0 Å². The van der Waals surface area contributed by atoms with Crippen molar-refractivity contribution in [1.29, 1.82) is 0 Å². The normalized spacial score (nSPS) is 46.9. The number of aliphatic hydroxyl groups is 1. The highest BCUT2D eigenvalue weighted by molar-refractivity contribution is 5.72. The number of esters is 2. The van der Waals surface area contributed by atoms with Crippen LogP contribution in [0, 0.1) is 29.6 Å². The van der Waals surface area contributed by atoms with Gasteiger partial charge in [-0.2, -0.15) is 0 Å². The first-order valence-electron chi connectivity index (χ1n) is 16.0. The van der Waals surface area contributed by atoms with E-state index in [0.717, 1.165) is 0 Å². The van der Waals surface area contributed by atoms with Crippen molar-refractivity contribution in [3.63, 3.8) is 0 Å². The third kappa shape index (κ3) is 5.30. The molecule has 1 unspecified atom stereocenters. The van der Waals surface area contributed by atoms with Crippen molar-refractivity contribution in [2.45, 2.75) is 84.3 Å². The molecule has 8 atom stereocenters. The highest BCUT2D eigenvalue weighted by Crippen LogP contribution is 2.45. The van der Waals surface area contributed by atoms with Gasteiger partial charge in [-0.1, -0.05) is 45.7 Å². The second-order valence-electron chi connectivity index (χ2n) is 8.14. The Bertz CT molecular complexity index is 1060. The zero-order valence-corrected chi connectivity index (χ0v) is 16.4. The van der Waals surface area contributed by atoms with Gasteiger partial charge in [0.2, 0.25) is 0 Å². The van der Waals surface area contributed by atoms with Crippen LogP contribution in [0.5, 0.6) is 0 Å². The lowest BCUT2D eigenvalue weighted by Crippen LogP contribution is -2.42. The molecule has 1 aliphatic heterocycles. The van der Waals surface area contributed by atoms with E-state index in [-0.39, 0.29) is 31.1 Å². The zero-order chi connectivity index (χ0) is 31.3. The fourth-order valence-electron chi connectivity index (χ4n) is 4.67. The van der Waals surface area contributed by atoms with Crippen LogP contribution in [-0.4, -0.2) is 35.4 Å². The summed E-state index contributed by atoms with van der Waals surface area (Å²) in [7, 11) is 0. The van der Waals surface area contributed by atoms with Crippen molar-refractivity contribution < 1.29 is 40.6 Å². The number of ether oxygens (including phenoxy) is 2. The maximum Gasteiger partial charge on any atom is 0.308 e. The molecule has 162 valence electrons. The van der Waals surface area contributed by atoms with Crippen molar-refractivity contribution in [1.82, 2.24) is 0 Å². The van der Waals surface area contributed by atoms with Gasteiger partial charge in [-0.25, -0.2) is 0 Å². The van der Waals surface area contributed by atoms with Crippen LogP contribution in [0.15, 0.2) is 23.8 Å². The molecule has 5 heteroatoms. The molecule has 0 radical (unpaired) electrons. The van der Waals surface area contributed by atoms with Gasteiger partial charge in [0.1, 0.15) is 12.2 Å². The van der Waals surface area contributed by atoms with E-state index < -0.39 is 74.9 Å². The van der Waals surface area contributed by atoms with Gasteiger partial charge in [-0.15, -0.1) is 0 Å². The Balaban J connectivity index is 2.00. The van der Waals surface area contributed by atoms with Crippen molar-refractivity contribution in [2.75, 3.05) is 0 Å². The van der Waals surface area contributed by atoms with Crippen molar-refractivity contribution in [3.05, 3.63) is 23.8 Å². The summed E-state index contributed by atoms with van der Waals surface area (Å²) in [6.07, 6.45) is -0.946. The number of carbonyl (C=O) groups is 2. The fourth-order valence-corrected chi connectivity index (χ4v) is 4.67. The summed E-state index contributed by atoms with van der Waals surface area (Å²) in [5, 5.41) is 9.97. The molecule has 29 heavy (non-hydrogen) atoms. The van der Waals surface area contributed by atoms with Gasteiger partial charge >= 0.3 is 11.9 Å². The Morgan fingerprint density at radius 2 is 2.34 bits per heavy atom. The van der Waals surface area contributed by atoms with Crippen LogP contribution in [0.25, 0.3) is 0 Å². The average Bonchev–Trinajstić information content (AvgIpc) is 2.80. The summed E-state index contributed by atoms with van der Waals surface area (Å²) in [5.41, 5.74) is 0.502. The number of carbonyl (C=O) groups excluding carboxylic acids is 2. The molecule has 1 saturated heterocycles. The van der Waals surface area contributed by atoms with E-state index in [1.165, 1.54) is 0 Å². The SMILES string of the molecule is [2H]C([2H])([2H])[C@H]1C=C2C=C[C@H](C)[C@H](CCC3C[C@@H](O)CC(=O)O3)[C@H]2[C@@H](OC(=O)[C@@]([2H])(C([2H])([2H])[2H])C([2H])([2H])C([2H])([2H])[2H])C1. The standard InChI is InChI=1S/C24H36O5/c1-5-15(3)24(27)29-21-11-14(2)10-17-7-6-16(4)20(23(17)21)9-8-19-12-18(25)13-22(26)28-19/h6-7,10,14-16,18-21,23,25H,5,8-9,11-13H2,1-4H3/t14-,15-,16-,18+,19?,20-,21-,23-/m0/s1/i1D3,2D3,3D3,5D2,15D. The van der Waals surface area contributed by atoms with E-state index in [1.54, 1.807) is 12.2 Å². The molecule has 0 aromatic rings. The van der Waals surface area contributed by atoms with Gasteiger partial charge in [0.05, 0.1) is 18.4 Å². The Kier molecular flexibility index (Phi) is 3.63. The highest BCUT2D eigenvalue weighted by Gasteiger charge is 2.42. The third-order valence-corrected chi connectivity index (χ3v) is 6.04. The van der Waals surface area contributed by atoms with Gasteiger partial charge in [0.25, 0.3) is 0 Å². The molecule has 0 saturated carbocycles. The molecule has 0 bridgehead atoms. The molecule has 1 N–H and O–H groups in total. The summed E-state index contributed by atoms with van der Waals surface area (Å²) in [5.74, 6) is -8.61. The Hall–Kier alpha value is -1.62. The second-order valence-corrected chi connectivity index (χ2v) is 8.14. The smallest absolute Gasteiger partial charge is 0.308 e. The van der Waals surface area contributed by atoms with Gasteiger partial charge in [0, 0.05) is 28.8 Å². The van der Waals surface area contributed by atoms with E-state index in [9.17, 15) is 14.7 Å². The van der Waals surface area contributed by atoms with E-state index in [0.29, 0.717) is 18.4 Å². The minimum absolute atomic E-state index is 0.106. The maximum absolute atomic E-state index is 13.4. The van der Waals surface area contributed by atoms with Crippen LogP contribution >= 0.6 is 0 Å². The molecule has 0 spiro atoms. The number of hydrogen-bond donors (Lipinski definition) is 1. The quantitative estimate of drug-likeness (QED) is 0.657. The molecular formula is C24H36O5. The highest BCUT2D eigenvalue weighted by atomic mass is 16.5. The minimum Gasteiger partial charge on any atom is -0.462 e. The minimum atomic E-state index is -3.85. The van der Waals surface area contributed by atoms with Crippen LogP contribution in [-0.2, 0) is 19.1 Å². The summed E-state index contributed by atoms with van der Waals surface area (Å²) in [6, 6.07) is 0. The predicted octanol–water partition coefficient (Wildman–Crippen LogP) is 4.20. The Morgan fingerprint density at radius 3 is 3.07 bits per heavy atom. The van der Waals surface area contributed by atoms with Gasteiger partial charge in [-0.05, 0) is 49.0 Å². The molecule has 0 amide bonds. The summed E-state index contributed by atoms with van der Waals surface area (Å²) >= 11 is 0. The Morgan fingerprint density at radius 1 is 1.48 bits per heavy atom. The van der Waals surface area contributed by atoms with Crippen LogP contribution in [0.2, 0.25) is 0 Å². The lowest BCUT2D eigenvalue weighted by Gasteiger charge is -2.43. The third-order valence-electron chi connectivity index (χ3n) is 6.04. The van der Waals surface area contributed by atoms with E-state index in [4.69, 9.17) is 25.9 Å². The second kappa shape index (κ2) is 9.46. The number of cyclic esters (lactones) is 1. The van der Waals surface area contributed by atoms with Gasteiger partial charge in [-0.3, -0.25) is 9.59 Å². The topological polar surface area (TPSA) is 72.8 Å². The first-order chi connectivity index (χ1) is 18.5. The molecular weight excluding hydrogens is 368 g/mol. The zero-order valence-electron chi connectivity index (χ0n) is 28.4. The fraction of sp³-hybridized carbons (Fsp3) is 0.750. The number of hydrogen-bond acceptors (Lipinski definition) is 5. The van der Waals surface area contributed by atoms with Gasteiger partial charge in [0.15, 0.2) is 0 Å². The molecule has 1 fully saturated rings. The number of allylic oxidation sites excluding steroid dienone is 3. The molecule has 2 aliphatic carbocycles. The molecule has 0 aromatic heterocycles. The average molecular weight is 417 g/mol. The van der Waals surface area contributed by atoms with Crippen LogP contribution in [0.1, 0.15) is 82.4 Å². The van der Waals surface area contributed by atoms with E-state index >= 15 is 0 Å². The first-order valence-corrected chi connectivity index (χ1v) is 9.99. The predicted molar refractivity (Wildman–Crippen MR) is 111 cm³/mol. The maximum atomic E-state index is 13.4. The van der Waals surface area contributed by atoms with Crippen molar-refractivity contribution >= 4 is 11.9 Å². The van der Waals surface area contributed by atoms with E-state index in [2.05, 4.69) is 0 Å². The molecule has 0 aromatic carbocycles. The first kappa shape index (κ1) is 11.1. The lowest BCUT2D eigenvalue weighted by molar-refractivity contribution is -0.162. The number of fused-ring (bicyclic) bond motifs is 1. The lowest BCUT2D eigenvalue weighted by atomic mass is 9.65. The summed E-state index contributed by atoms with van der Waals surface area (Å²) in [4.78, 5) is 25.3. The number of aliphatic hydroxyl groups excluding tert-OH is 1. The van der Waals surface area contributed by atoms with Crippen LogP contribution < -0.4 is 0 Å². The molecule has 1 heterocycles. The van der Waals surface area contributed by atoms with Crippen LogP contribution in [0.3, 0.4) is 0 Å². The molecule has 3 rings (SSSR count). The van der Waals surface area contributed by atoms with Gasteiger partial charge < -0.3 is 14.6 Å². The monoisotopic (exact) mass is 416 g/mol. The molecule has 3 aliphatic rings.